The average molecular weight is 341 g/mol. The number of aliphatic hydroxyl groups excluding tert-OH is 1. The van der Waals surface area contributed by atoms with Gasteiger partial charge in [0, 0.05) is 0 Å². The van der Waals surface area contributed by atoms with Gasteiger partial charge in [-0.15, -0.1) is 0 Å². The number of amides is 2. The van der Waals surface area contributed by atoms with Crippen LogP contribution in [-0.2, 0) is 4.79 Å². The Labute approximate surface area is 115 Å². The number of furan rings is 1. The molecule has 1 rings (SSSR count). The molecule has 2 amide bonds. The van der Waals surface area contributed by atoms with Gasteiger partial charge in [-0.25, -0.2) is 8.78 Å². The molecule has 106 valence electrons. The van der Waals surface area contributed by atoms with Crippen LogP contribution in [0.1, 0.15) is 10.6 Å². The minimum Gasteiger partial charge on any atom is -0.444 e. The lowest BCUT2D eigenvalue weighted by Crippen LogP contribution is -2.43. The molecule has 0 bridgehead atoms. The third kappa shape index (κ3) is 5.35. The highest BCUT2D eigenvalue weighted by atomic mass is 79.9. The summed E-state index contributed by atoms with van der Waals surface area (Å²) in [5.41, 5.74) is 0. The van der Waals surface area contributed by atoms with E-state index in [1.54, 1.807) is 0 Å². The van der Waals surface area contributed by atoms with Crippen LogP contribution in [0.2, 0.25) is 0 Å². The lowest BCUT2D eigenvalue weighted by Gasteiger charge is -2.13. The van der Waals surface area contributed by atoms with Crippen LogP contribution in [0.4, 0.5) is 8.78 Å². The molecule has 6 nitrogen and oxygen atoms in total. The van der Waals surface area contributed by atoms with Crippen molar-refractivity contribution < 1.29 is 27.9 Å². The van der Waals surface area contributed by atoms with E-state index in [1.165, 1.54) is 12.1 Å². The second-order valence-corrected chi connectivity index (χ2v) is 4.36. The fourth-order valence-electron chi connectivity index (χ4n) is 1.03. The van der Waals surface area contributed by atoms with Crippen LogP contribution < -0.4 is 10.6 Å². The van der Waals surface area contributed by atoms with Crippen molar-refractivity contribution in [2.45, 2.75) is 5.92 Å². The molecule has 0 unspecified atom stereocenters. The molecular formula is C10H11BrF2N2O4. The molecule has 1 heterocycles. The molecule has 0 aliphatic carbocycles. The van der Waals surface area contributed by atoms with E-state index in [9.17, 15) is 18.4 Å². The largest absolute Gasteiger partial charge is 0.444 e. The van der Waals surface area contributed by atoms with Crippen LogP contribution in [0.15, 0.2) is 21.2 Å². The molecule has 0 aromatic carbocycles. The zero-order valence-electron chi connectivity index (χ0n) is 9.58. The Bertz CT molecular complexity index is 464. The molecule has 1 aromatic heterocycles. The van der Waals surface area contributed by atoms with Crippen molar-refractivity contribution in [3.05, 3.63) is 22.6 Å². The van der Waals surface area contributed by atoms with Gasteiger partial charge in [-0.05, 0) is 28.1 Å². The Hall–Kier alpha value is -1.48. The van der Waals surface area contributed by atoms with E-state index in [4.69, 9.17) is 9.52 Å². The number of nitrogens with one attached hydrogen (secondary N) is 2. The Morgan fingerprint density at radius 2 is 2.05 bits per heavy atom. The van der Waals surface area contributed by atoms with E-state index in [1.807, 2.05) is 5.32 Å². The quantitative estimate of drug-likeness (QED) is 0.703. The molecule has 0 fully saturated rings. The molecule has 1 aromatic rings. The number of halogens is 3. The third-order valence-electron chi connectivity index (χ3n) is 1.98. The number of carbonyl (C=O) groups excluding carboxylic acids is 2. The number of hydrogen-bond donors (Lipinski definition) is 3. The zero-order valence-corrected chi connectivity index (χ0v) is 11.2. The van der Waals surface area contributed by atoms with Crippen LogP contribution in [0, 0.1) is 0 Å². The van der Waals surface area contributed by atoms with Gasteiger partial charge < -0.3 is 20.2 Å². The Kier molecular flexibility index (Phi) is 5.43. The van der Waals surface area contributed by atoms with Crippen molar-refractivity contribution in [2.24, 2.45) is 0 Å². The van der Waals surface area contributed by atoms with Crippen LogP contribution in [0.25, 0.3) is 0 Å². The summed E-state index contributed by atoms with van der Waals surface area (Å²) in [4.78, 5) is 22.6. The van der Waals surface area contributed by atoms with Gasteiger partial charge in [0.05, 0.1) is 13.1 Å². The van der Waals surface area contributed by atoms with Crippen LogP contribution in [0.3, 0.4) is 0 Å². The van der Waals surface area contributed by atoms with Crippen LogP contribution in [0.5, 0.6) is 0 Å². The average Bonchev–Trinajstić information content (AvgIpc) is 2.80. The maximum Gasteiger partial charge on any atom is 0.287 e. The first-order valence-corrected chi connectivity index (χ1v) is 5.92. The Morgan fingerprint density at radius 1 is 1.37 bits per heavy atom. The summed E-state index contributed by atoms with van der Waals surface area (Å²) in [5, 5.41) is 12.4. The van der Waals surface area contributed by atoms with Gasteiger partial charge in [0.15, 0.2) is 10.4 Å². The normalized spacial score (nSPS) is 11.2. The van der Waals surface area contributed by atoms with E-state index in [0.717, 1.165) is 0 Å². The lowest BCUT2D eigenvalue weighted by atomic mass is 10.3. The highest BCUT2D eigenvalue weighted by molar-refractivity contribution is 9.10. The molecule has 0 aliphatic rings. The smallest absolute Gasteiger partial charge is 0.287 e. The second kappa shape index (κ2) is 6.62. The Balaban J connectivity index is 2.33. The minimum atomic E-state index is -3.38. The van der Waals surface area contributed by atoms with E-state index >= 15 is 0 Å². The molecule has 0 saturated carbocycles. The van der Waals surface area contributed by atoms with Crippen LogP contribution >= 0.6 is 15.9 Å². The fourth-order valence-corrected chi connectivity index (χ4v) is 1.34. The summed E-state index contributed by atoms with van der Waals surface area (Å²) in [6.45, 7) is -2.83. The maximum absolute atomic E-state index is 12.6. The van der Waals surface area contributed by atoms with Gasteiger partial charge in [-0.3, -0.25) is 9.59 Å². The molecule has 0 spiro atoms. The molecule has 0 saturated heterocycles. The summed E-state index contributed by atoms with van der Waals surface area (Å²) >= 11 is 3.00. The summed E-state index contributed by atoms with van der Waals surface area (Å²) in [5.74, 6) is -4.84. The number of aliphatic hydroxyl groups is 1. The number of carbonyl (C=O) groups is 2. The predicted octanol–water partition coefficient (Wildman–Crippen LogP) is 0.516. The first-order valence-electron chi connectivity index (χ1n) is 5.13. The topological polar surface area (TPSA) is 91.6 Å². The monoisotopic (exact) mass is 340 g/mol. The Morgan fingerprint density at radius 3 is 2.58 bits per heavy atom. The first-order chi connectivity index (χ1) is 8.84. The van der Waals surface area contributed by atoms with Crippen molar-refractivity contribution in [2.75, 3.05) is 19.7 Å². The molecular weight excluding hydrogens is 330 g/mol. The molecule has 0 aliphatic heterocycles. The van der Waals surface area contributed by atoms with Crippen molar-refractivity contribution in [3.63, 3.8) is 0 Å². The summed E-state index contributed by atoms with van der Waals surface area (Å²) in [6.07, 6.45) is 0. The van der Waals surface area contributed by atoms with Crippen molar-refractivity contribution in [1.29, 1.82) is 0 Å². The highest BCUT2D eigenvalue weighted by Gasteiger charge is 2.28. The van der Waals surface area contributed by atoms with Gasteiger partial charge in [-0.2, -0.15) is 0 Å². The third-order valence-corrected chi connectivity index (χ3v) is 2.41. The first kappa shape index (κ1) is 15.6. The van der Waals surface area contributed by atoms with Gasteiger partial charge in [0.25, 0.3) is 11.8 Å². The second-order valence-electron chi connectivity index (χ2n) is 3.58. The van der Waals surface area contributed by atoms with Crippen molar-refractivity contribution >= 4 is 27.7 Å². The molecule has 0 atom stereocenters. The number of hydrogen-bond acceptors (Lipinski definition) is 4. The number of alkyl halides is 2. The fraction of sp³-hybridized carbons (Fsp3) is 0.400. The van der Waals surface area contributed by atoms with Gasteiger partial charge in [-0.1, -0.05) is 0 Å². The van der Waals surface area contributed by atoms with Gasteiger partial charge >= 0.3 is 0 Å². The van der Waals surface area contributed by atoms with Gasteiger partial charge in [0.2, 0.25) is 5.91 Å². The van der Waals surface area contributed by atoms with Crippen molar-refractivity contribution in [1.82, 2.24) is 10.6 Å². The number of rotatable bonds is 6. The maximum atomic E-state index is 12.6. The van der Waals surface area contributed by atoms with E-state index in [-0.39, 0.29) is 5.76 Å². The molecule has 0 radical (unpaired) electrons. The highest BCUT2D eigenvalue weighted by Crippen LogP contribution is 2.13. The predicted molar refractivity (Wildman–Crippen MR) is 63.8 cm³/mol. The summed E-state index contributed by atoms with van der Waals surface area (Å²) in [7, 11) is 0. The lowest BCUT2D eigenvalue weighted by molar-refractivity contribution is -0.123. The van der Waals surface area contributed by atoms with Gasteiger partial charge in [0.1, 0.15) is 6.61 Å². The van der Waals surface area contributed by atoms with Crippen molar-refractivity contribution in [3.8, 4) is 0 Å². The zero-order chi connectivity index (χ0) is 14.5. The summed E-state index contributed by atoms with van der Waals surface area (Å²) < 4.78 is 30.5. The summed E-state index contributed by atoms with van der Waals surface area (Å²) in [6, 6.07) is 2.88. The minimum absolute atomic E-state index is 0.0136. The SMILES string of the molecule is O=C(CNC(=O)c1ccc(Br)o1)NCC(F)(F)CO. The standard InChI is InChI=1S/C10H11BrF2N2O4/c11-7-2-1-6(19-7)9(18)14-3-8(17)15-4-10(12,13)5-16/h1-2,16H,3-5H2,(H,14,18)(H,15,17). The molecule has 3 N–H and O–H groups in total. The van der Waals surface area contributed by atoms with E-state index < -0.39 is 37.4 Å². The van der Waals surface area contributed by atoms with E-state index in [0.29, 0.717) is 4.67 Å². The van der Waals surface area contributed by atoms with E-state index in [2.05, 4.69) is 21.2 Å². The van der Waals surface area contributed by atoms with Crippen LogP contribution in [-0.4, -0.2) is 42.5 Å². The molecule has 19 heavy (non-hydrogen) atoms. The molecule has 9 heteroatoms.